The molecule has 12 heterocycles. The average molecular weight is 1690 g/mol. The molecule has 10 N–H and O–H groups in total. The van der Waals surface area contributed by atoms with E-state index in [1.165, 1.54) is 0 Å². The van der Waals surface area contributed by atoms with E-state index >= 15 is 0 Å². The van der Waals surface area contributed by atoms with Gasteiger partial charge in [0.25, 0.3) is 22.2 Å². The standard InChI is InChI=1S/C23H28ClN5O2.C22H26ClN5O2.C21H24Cl2N4O.C20H22Cl2N4O/c1-13-19(24)16(6-9-26-13)15-4-5-17-18(15)21(30)28(3)22(27-17)29-10-7-23(8-11-29)12-31-14(2)20(23)25;1-12-18(23)15(5-8-25-12)14-3-4-16-17(14)20(29)27-21(26-16)28-9-6-22(7-10-28)11-30-13(2)19(22)24;1-21(12-24)8-10-27(11-9-21)20-25-16-7-6-13(17(16)19(28)26(20)2)14-4-3-5-15(22)18(14)23;1-20(11-23)7-9-26(10-8-20)19-24-15-6-5-12(16(15)18(27)25-19)13-3-2-4-14(21)17(13)22/h4,6,9,14,20H,5,7-8,10-12,25H2,1-3H3;3,5,8,13,19H,4,6-7,9-11,24H2,1-2H3,(H,26,27,29);3-6H,7-12,24H2,1-2H3;2-5H,6-11,23H2,1H3,(H,24,25,27)/t14-,20+;13-,19+;;/m00../s1. The molecule has 0 amide bonds. The lowest BCUT2D eigenvalue weighted by atomic mass is 9.73. The number of benzene rings is 2. The van der Waals surface area contributed by atoms with Crippen molar-refractivity contribution in [2.24, 2.45) is 58.7 Å². The summed E-state index contributed by atoms with van der Waals surface area (Å²) in [5, 5.41) is 3.03. The van der Waals surface area contributed by atoms with Crippen LogP contribution in [0.4, 0.5) is 23.8 Å². The zero-order chi connectivity index (χ0) is 82.2. The van der Waals surface area contributed by atoms with Gasteiger partial charge in [0.05, 0.1) is 112 Å². The molecule has 0 unspecified atom stereocenters. The first kappa shape index (κ1) is 83.0. The largest absolute Gasteiger partial charge is 0.376 e. The van der Waals surface area contributed by atoms with E-state index in [0.29, 0.717) is 103 Å². The summed E-state index contributed by atoms with van der Waals surface area (Å²) >= 11 is 38.1. The Labute approximate surface area is 704 Å². The molecule has 2 spiro atoms. The SMILES string of the molecule is CC1(CN)CCN(c2nc3c(c(=O)[nH]2)C(c2cccc(Cl)c2Cl)=CC3)CC1.Cc1nccc(C2=CCc3nc(N4CCC5(CC4)CO[C@@H](C)[C@H]5N)[nH]c(=O)c32)c1Cl.Cc1nccc(C2=CCc3nc(N4CCC5(CC4)CO[C@@H](C)[C@H]5N)n(C)c(=O)c32)c1Cl.Cn1c(N2CCC(C)(CN)CC2)nc2c(c1=O)C(c1cccc(Cl)c1Cl)=CC2. The van der Waals surface area contributed by atoms with Crippen LogP contribution in [0.25, 0.3) is 22.3 Å². The van der Waals surface area contributed by atoms with Gasteiger partial charge in [-0.25, -0.2) is 19.9 Å². The fourth-order valence-electron chi connectivity index (χ4n) is 18.1. The minimum Gasteiger partial charge on any atom is -0.376 e. The fourth-order valence-corrected chi connectivity index (χ4v) is 19.4. The number of aromatic nitrogens is 10. The van der Waals surface area contributed by atoms with E-state index in [9.17, 15) is 19.2 Å². The summed E-state index contributed by atoms with van der Waals surface area (Å²) in [6.07, 6.45) is 21.9. The maximum absolute atomic E-state index is 13.4. The van der Waals surface area contributed by atoms with Crippen molar-refractivity contribution in [3.8, 4) is 0 Å². The van der Waals surface area contributed by atoms with Crippen LogP contribution in [0.2, 0.25) is 30.1 Å². The summed E-state index contributed by atoms with van der Waals surface area (Å²) in [7, 11) is 3.59. The molecule has 116 heavy (non-hydrogen) atoms. The number of hydrogen-bond donors (Lipinski definition) is 6. The summed E-state index contributed by atoms with van der Waals surface area (Å²) < 4.78 is 15.0. The van der Waals surface area contributed by atoms with Crippen molar-refractivity contribution in [3.05, 3.63) is 235 Å². The Morgan fingerprint density at radius 2 is 0.767 bits per heavy atom. The maximum Gasteiger partial charge on any atom is 0.262 e. The van der Waals surface area contributed by atoms with E-state index in [2.05, 4.69) is 60.3 Å². The van der Waals surface area contributed by atoms with Crippen molar-refractivity contribution in [3.63, 3.8) is 0 Å². The molecule has 2 aromatic carbocycles. The second-order valence-electron chi connectivity index (χ2n) is 33.4. The van der Waals surface area contributed by atoms with Gasteiger partial charge in [0.2, 0.25) is 23.8 Å². The highest BCUT2D eigenvalue weighted by Gasteiger charge is 2.50. The Morgan fingerprint density at radius 1 is 0.448 bits per heavy atom. The number of ether oxygens (including phenoxy) is 2. The molecule has 24 nitrogen and oxygen atoms in total. The fraction of sp³-hybridized carbons (Fsp3) is 0.465. The molecule has 4 atom stereocenters. The number of halogens is 6. The molecule has 30 heteroatoms. The van der Waals surface area contributed by atoms with E-state index in [0.717, 1.165) is 208 Å². The van der Waals surface area contributed by atoms with Crippen LogP contribution < -0.4 is 64.8 Å². The minimum absolute atomic E-state index is 0.0379. The zero-order valence-electron chi connectivity index (χ0n) is 66.8. The van der Waals surface area contributed by atoms with Gasteiger partial charge in [0, 0.05) is 150 Å². The number of hydrogen-bond acceptors (Lipinski definition) is 20. The van der Waals surface area contributed by atoms with Crippen LogP contribution in [0.15, 0.2) is 104 Å². The van der Waals surface area contributed by atoms with E-state index in [1.807, 2.05) is 81.5 Å². The number of piperidine rings is 4. The number of H-pyrrole nitrogens is 2. The predicted octanol–water partition coefficient (Wildman–Crippen LogP) is 12.2. The van der Waals surface area contributed by atoms with Crippen molar-refractivity contribution in [1.29, 1.82) is 0 Å². The maximum atomic E-state index is 13.4. The number of aryl methyl sites for hydroxylation is 2. The van der Waals surface area contributed by atoms with Gasteiger partial charge in [0.15, 0.2) is 0 Å². The van der Waals surface area contributed by atoms with Gasteiger partial charge in [0.1, 0.15) is 0 Å². The summed E-state index contributed by atoms with van der Waals surface area (Å²) in [6, 6.07) is 14.8. The lowest BCUT2D eigenvalue weighted by Gasteiger charge is -2.41. The number of nitrogens with two attached hydrogens (primary N) is 4. The number of anilines is 4. The molecular formula is C86H100Cl6N18O6. The number of aromatic amines is 2. The third-order valence-electron chi connectivity index (χ3n) is 26.2. The number of nitrogens with zero attached hydrogens (tertiary/aromatic N) is 12. The predicted molar refractivity (Wildman–Crippen MR) is 464 cm³/mol. The highest BCUT2D eigenvalue weighted by molar-refractivity contribution is 6.44. The topological polar surface area (TPSA) is 323 Å². The van der Waals surface area contributed by atoms with E-state index in [4.69, 9.17) is 122 Å². The summed E-state index contributed by atoms with van der Waals surface area (Å²) in [5.41, 5.74) is 38.4. The zero-order valence-corrected chi connectivity index (χ0v) is 71.3. The normalized spacial score (nSPS) is 21.7. The van der Waals surface area contributed by atoms with Crippen LogP contribution in [0.3, 0.4) is 0 Å². The lowest BCUT2D eigenvalue weighted by molar-refractivity contribution is 0.0972. The molecule has 6 saturated heterocycles. The molecule has 18 rings (SSSR count). The molecule has 0 saturated carbocycles. The Kier molecular flexibility index (Phi) is 23.8. The van der Waals surface area contributed by atoms with Gasteiger partial charge < -0.3 is 52.0 Å². The van der Waals surface area contributed by atoms with Gasteiger partial charge in [-0.1, -0.05) is 132 Å². The Morgan fingerprint density at radius 3 is 1.11 bits per heavy atom. The Bertz CT molecular complexity index is 5570. The van der Waals surface area contributed by atoms with Crippen LogP contribution in [0, 0.1) is 35.5 Å². The van der Waals surface area contributed by atoms with Crippen LogP contribution >= 0.6 is 69.6 Å². The molecular weight excluding hydrogens is 1590 g/mol. The third-order valence-corrected chi connectivity index (χ3v) is 28.8. The molecule has 6 fully saturated rings. The molecule has 8 aromatic rings. The molecule has 4 aliphatic carbocycles. The van der Waals surface area contributed by atoms with Crippen molar-refractivity contribution in [2.75, 3.05) is 98.3 Å². The van der Waals surface area contributed by atoms with E-state index < -0.39 is 0 Å². The van der Waals surface area contributed by atoms with Crippen LogP contribution in [0.5, 0.6) is 0 Å². The lowest BCUT2D eigenvalue weighted by Crippen LogP contribution is -2.51. The van der Waals surface area contributed by atoms with Crippen molar-refractivity contribution in [1.82, 2.24) is 49.0 Å². The Balaban J connectivity index is 0.000000122. The molecule has 6 aliphatic heterocycles. The van der Waals surface area contributed by atoms with Gasteiger partial charge in [-0.05, 0) is 150 Å². The monoisotopic (exact) mass is 1690 g/mol. The molecule has 6 aromatic heterocycles. The third kappa shape index (κ3) is 15.5. The Hall–Kier alpha value is -8.08. The van der Waals surface area contributed by atoms with Crippen LogP contribution in [-0.2, 0) is 49.3 Å². The van der Waals surface area contributed by atoms with Crippen LogP contribution in [-0.4, -0.2) is 152 Å². The highest BCUT2D eigenvalue weighted by atomic mass is 35.5. The number of nitrogens with one attached hydrogen (secondary N) is 2. The summed E-state index contributed by atoms with van der Waals surface area (Å²) in [5.74, 6) is 2.74. The van der Waals surface area contributed by atoms with E-state index in [1.54, 1.807) is 47.8 Å². The number of pyridine rings is 2. The summed E-state index contributed by atoms with van der Waals surface area (Å²) in [6.45, 7) is 21.7. The van der Waals surface area contributed by atoms with Gasteiger partial charge in [-0.15, -0.1) is 0 Å². The molecule has 612 valence electrons. The van der Waals surface area contributed by atoms with Gasteiger partial charge >= 0.3 is 0 Å². The quantitative estimate of drug-likeness (QED) is 0.0741. The van der Waals surface area contributed by atoms with Crippen molar-refractivity contribution >= 4 is 116 Å². The highest BCUT2D eigenvalue weighted by Crippen LogP contribution is 2.47. The number of fused-ring (bicyclic) bond motifs is 4. The summed E-state index contributed by atoms with van der Waals surface area (Å²) in [4.78, 5) is 95.1. The first-order valence-corrected chi connectivity index (χ1v) is 42.3. The van der Waals surface area contributed by atoms with Gasteiger partial charge in [-0.3, -0.25) is 48.2 Å². The smallest absolute Gasteiger partial charge is 0.262 e. The average Bonchev–Trinajstić information content (AvgIpc) is 1.61. The first-order valence-electron chi connectivity index (χ1n) is 40.0. The van der Waals surface area contributed by atoms with Gasteiger partial charge in [-0.2, -0.15) is 0 Å². The van der Waals surface area contributed by atoms with E-state index in [-0.39, 0.29) is 68.2 Å². The molecule has 10 aliphatic rings. The second-order valence-corrected chi connectivity index (χ2v) is 35.7. The minimum atomic E-state index is -0.137. The van der Waals surface area contributed by atoms with Crippen molar-refractivity contribution in [2.45, 2.75) is 143 Å². The second kappa shape index (κ2) is 33.3. The first-order chi connectivity index (χ1) is 55.5. The number of rotatable bonds is 10. The molecule has 0 bridgehead atoms. The molecule has 0 radical (unpaired) electrons. The number of allylic oxidation sites excluding steroid dienone is 4. The van der Waals surface area contributed by atoms with Crippen LogP contribution in [0.1, 0.15) is 158 Å². The van der Waals surface area contributed by atoms with Crippen molar-refractivity contribution < 1.29 is 9.47 Å².